The van der Waals surface area contributed by atoms with Gasteiger partial charge in [0.2, 0.25) is 5.88 Å². The van der Waals surface area contributed by atoms with Crippen molar-refractivity contribution in [1.29, 1.82) is 0 Å². The van der Waals surface area contributed by atoms with E-state index in [1.807, 2.05) is 0 Å². The first-order valence-corrected chi connectivity index (χ1v) is 4.83. The fraction of sp³-hybridized carbons (Fsp3) is 0. The van der Waals surface area contributed by atoms with E-state index < -0.39 is 0 Å². The van der Waals surface area contributed by atoms with Gasteiger partial charge in [-0.05, 0) is 24.3 Å². The average molecular weight is 240 g/mol. The predicted octanol–water partition coefficient (Wildman–Crippen LogP) is 3.38. The summed E-state index contributed by atoms with van der Waals surface area (Å²) >= 11 is 11.6. The molecule has 0 spiro atoms. The van der Waals surface area contributed by atoms with Gasteiger partial charge in [0, 0.05) is 16.1 Å². The molecule has 0 saturated carbocycles. The summed E-state index contributed by atoms with van der Waals surface area (Å²) in [7, 11) is 0. The van der Waals surface area contributed by atoms with Crippen molar-refractivity contribution in [2.45, 2.75) is 0 Å². The van der Waals surface area contributed by atoms with Gasteiger partial charge in [0.1, 0.15) is 11.9 Å². The second-order valence-corrected chi connectivity index (χ2v) is 3.58. The van der Waals surface area contributed by atoms with Gasteiger partial charge >= 0.3 is 0 Å². The van der Waals surface area contributed by atoms with Crippen molar-refractivity contribution >= 4 is 23.2 Å². The lowest BCUT2D eigenvalue weighted by molar-refractivity contribution is 0.455. The van der Waals surface area contributed by atoms with E-state index in [1.54, 1.807) is 30.3 Å². The van der Waals surface area contributed by atoms with Gasteiger partial charge in [-0.2, -0.15) is 0 Å². The third-order valence-electron chi connectivity index (χ3n) is 1.57. The summed E-state index contributed by atoms with van der Waals surface area (Å²) in [6.45, 7) is 0. The van der Waals surface area contributed by atoms with Crippen molar-refractivity contribution in [3.63, 3.8) is 0 Å². The summed E-state index contributed by atoms with van der Waals surface area (Å²) in [5.41, 5.74) is 0. The van der Waals surface area contributed by atoms with E-state index in [4.69, 9.17) is 27.9 Å². The molecule has 0 aliphatic rings. The summed E-state index contributed by atoms with van der Waals surface area (Å²) in [6, 6.07) is 8.16. The maximum atomic E-state index is 5.81. The molecule has 0 amide bonds. The number of rotatable bonds is 2. The predicted molar refractivity (Wildman–Crippen MR) is 57.4 cm³/mol. The highest BCUT2D eigenvalue weighted by molar-refractivity contribution is 6.34. The van der Waals surface area contributed by atoms with Crippen molar-refractivity contribution in [3.8, 4) is 11.6 Å². The third kappa shape index (κ3) is 2.81. The van der Waals surface area contributed by atoms with Crippen LogP contribution in [0.1, 0.15) is 0 Å². The Bertz CT molecular complexity index is 442. The minimum atomic E-state index is 0.368. The molecule has 5 heteroatoms. The van der Waals surface area contributed by atoms with Gasteiger partial charge in [0.15, 0.2) is 0 Å². The van der Waals surface area contributed by atoms with Crippen LogP contribution < -0.4 is 4.74 Å². The molecule has 1 aromatic carbocycles. The lowest BCUT2D eigenvalue weighted by Gasteiger charge is -2.04. The second kappa shape index (κ2) is 4.47. The molecule has 75 valence electrons. The topological polar surface area (TPSA) is 35.0 Å². The molecule has 1 radical (unpaired) electrons. The van der Waals surface area contributed by atoms with Crippen LogP contribution in [0.4, 0.5) is 0 Å². The molecular formula is C10H5Cl2N2O. The molecule has 0 saturated heterocycles. The van der Waals surface area contributed by atoms with Gasteiger partial charge in [-0.3, -0.25) is 0 Å². The minimum absolute atomic E-state index is 0.368. The van der Waals surface area contributed by atoms with E-state index in [2.05, 4.69) is 16.4 Å². The molecule has 2 rings (SSSR count). The van der Waals surface area contributed by atoms with Crippen LogP contribution in [-0.4, -0.2) is 10.2 Å². The van der Waals surface area contributed by atoms with Gasteiger partial charge in [-0.1, -0.05) is 23.2 Å². The molecule has 1 heterocycles. The highest BCUT2D eigenvalue weighted by Gasteiger charge is 2.01. The van der Waals surface area contributed by atoms with Crippen molar-refractivity contribution in [3.05, 3.63) is 46.6 Å². The van der Waals surface area contributed by atoms with E-state index in [0.29, 0.717) is 21.7 Å². The van der Waals surface area contributed by atoms with E-state index >= 15 is 0 Å². The van der Waals surface area contributed by atoms with E-state index in [0.717, 1.165) is 0 Å². The van der Waals surface area contributed by atoms with Crippen LogP contribution in [0.25, 0.3) is 0 Å². The van der Waals surface area contributed by atoms with Gasteiger partial charge in [-0.15, -0.1) is 10.2 Å². The van der Waals surface area contributed by atoms with Crippen LogP contribution in [0.2, 0.25) is 10.0 Å². The fourth-order valence-corrected chi connectivity index (χ4v) is 1.52. The molecule has 3 nitrogen and oxygen atoms in total. The number of hydrogen-bond donors (Lipinski definition) is 0. The maximum absolute atomic E-state index is 5.81. The van der Waals surface area contributed by atoms with Gasteiger partial charge in [-0.25, -0.2) is 0 Å². The summed E-state index contributed by atoms with van der Waals surface area (Å²) < 4.78 is 5.38. The number of aromatic nitrogens is 2. The molecule has 0 aliphatic carbocycles. The molecule has 2 aromatic rings. The van der Waals surface area contributed by atoms with E-state index in [-0.39, 0.29) is 0 Å². The highest BCUT2D eigenvalue weighted by Crippen LogP contribution is 2.26. The SMILES string of the molecule is Clc1cc(Cl)cc(Oc2cc[c]nn2)c1. The molecule has 0 fully saturated rings. The van der Waals surface area contributed by atoms with Gasteiger partial charge in [0.25, 0.3) is 0 Å². The van der Waals surface area contributed by atoms with Crippen LogP contribution in [0, 0.1) is 6.20 Å². The van der Waals surface area contributed by atoms with Crippen molar-refractivity contribution < 1.29 is 4.74 Å². The van der Waals surface area contributed by atoms with E-state index in [9.17, 15) is 0 Å². The lowest BCUT2D eigenvalue weighted by atomic mass is 10.3. The van der Waals surface area contributed by atoms with Crippen molar-refractivity contribution in [1.82, 2.24) is 10.2 Å². The Labute approximate surface area is 96.6 Å². The summed E-state index contributed by atoms with van der Waals surface area (Å²) in [5, 5.41) is 8.29. The molecule has 0 N–H and O–H groups in total. The Morgan fingerprint density at radius 1 is 1.13 bits per heavy atom. The van der Waals surface area contributed by atoms with Crippen molar-refractivity contribution in [2.24, 2.45) is 0 Å². The first kappa shape index (κ1) is 10.2. The monoisotopic (exact) mass is 239 g/mol. The Kier molecular flexibility index (Phi) is 3.04. The molecule has 15 heavy (non-hydrogen) atoms. The minimum Gasteiger partial charge on any atom is -0.437 e. The van der Waals surface area contributed by atoms with Crippen LogP contribution >= 0.6 is 23.2 Å². The average Bonchev–Trinajstić information content (AvgIpc) is 2.17. The normalized spacial score (nSPS) is 10.0. The fourth-order valence-electron chi connectivity index (χ4n) is 1.02. The summed E-state index contributed by atoms with van der Waals surface area (Å²) in [4.78, 5) is 0. The molecule has 1 aromatic heterocycles. The first-order chi connectivity index (χ1) is 7.24. The van der Waals surface area contributed by atoms with Crippen molar-refractivity contribution in [2.75, 3.05) is 0 Å². The zero-order valence-electron chi connectivity index (χ0n) is 7.45. The van der Waals surface area contributed by atoms with E-state index in [1.165, 1.54) is 0 Å². The zero-order valence-corrected chi connectivity index (χ0v) is 8.96. The van der Waals surface area contributed by atoms with Crippen LogP contribution in [0.15, 0.2) is 30.3 Å². The second-order valence-electron chi connectivity index (χ2n) is 2.71. The largest absolute Gasteiger partial charge is 0.437 e. The molecule has 0 aliphatic heterocycles. The Balaban J connectivity index is 2.25. The quantitative estimate of drug-likeness (QED) is 0.806. The Morgan fingerprint density at radius 2 is 1.87 bits per heavy atom. The molecular weight excluding hydrogens is 235 g/mol. The van der Waals surface area contributed by atoms with Crippen LogP contribution in [0.3, 0.4) is 0 Å². The third-order valence-corrected chi connectivity index (χ3v) is 2.00. The summed E-state index contributed by atoms with van der Waals surface area (Å²) in [5.74, 6) is 0.889. The van der Waals surface area contributed by atoms with Crippen LogP contribution in [-0.2, 0) is 0 Å². The Morgan fingerprint density at radius 3 is 2.47 bits per heavy atom. The zero-order chi connectivity index (χ0) is 10.7. The summed E-state index contributed by atoms with van der Waals surface area (Å²) in [6.07, 6.45) is 2.55. The van der Waals surface area contributed by atoms with Gasteiger partial charge in [0.05, 0.1) is 0 Å². The highest BCUT2D eigenvalue weighted by atomic mass is 35.5. The lowest BCUT2D eigenvalue weighted by Crippen LogP contribution is -1.89. The molecule has 0 atom stereocenters. The maximum Gasteiger partial charge on any atom is 0.238 e. The first-order valence-electron chi connectivity index (χ1n) is 4.08. The smallest absolute Gasteiger partial charge is 0.238 e. The number of ether oxygens (including phenoxy) is 1. The number of halogens is 2. The number of hydrogen-bond acceptors (Lipinski definition) is 3. The number of benzene rings is 1. The molecule has 0 bridgehead atoms. The molecule has 0 unspecified atom stereocenters. The van der Waals surface area contributed by atoms with Crippen LogP contribution in [0.5, 0.6) is 11.6 Å². The Hall–Kier alpha value is -1.32. The van der Waals surface area contributed by atoms with Gasteiger partial charge < -0.3 is 4.74 Å². The number of nitrogens with zero attached hydrogens (tertiary/aromatic N) is 2. The standard InChI is InChI=1S/C10H5Cl2N2O/c11-7-4-8(12)6-9(5-7)15-10-2-1-3-13-14-10/h1-2,4-6H.